The maximum atomic E-state index is 12.2. The molecule has 0 fully saturated rings. The van der Waals surface area contributed by atoms with Gasteiger partial charge in [0.05, 0.1) is 13.2 Å². The van der Waals surface area contributed by atoms with E-state index >= 15 is 0 Å². The average Bonchev–Trinajstić information content (AvgIpc) is 2.81. The lowest BCUT2D eigenvalue weighted by Gasteiger charge is -2.06. The number of carbonyl (C=O) groups is 2. The highest BCUT2D eigenvalue weighted by molar-refractivity contribution is 5.97. The van der Waals surface area contributed by atoms with Crippen molar-refractivity contribution < 1.29 is 28.2 Å². The van der Waals surface area contributed by atoms with E-state index in [1.165, 1.54) is 25.3 Å². The van der Waals surface area contributed by atoms with Crippen LogP contribution in [0.3, 0.4) is 0 Å². The minimum Gasteiger partial charge on any atom is -0.494 e. The molecular formula is C25H25NO7. The summed E-state index contributed by atoms with van der Waals surface area (Å²) in [6.07, 6.45) is 3.86. The molecule has 0 atom stereocenters. The van der Waals surface area contributed by atoms with E-state index in [-0.39, 0.29) is 23.4 Å². The summed E-state index contributed by atoms with van der Waals surface area (Å²) in [6, 6.07) is 13.4. The Morgan fingerprint density at radius 1 is 1.03 bits per heavy atom. The van der Waals surface area contributed by atoms with Gasteiger partial charge in [0.2, 0.25) is 0 Å². The number of carbonyl (C=O) groups excluding carboxylic acids is 2. The SMILES string of the molecule is CCCOc1ccc(/C=C/C(=O)Oc2ccc3cc(C(=O)NCCOC)c(=O)oc3c2)cc1. The standard InChI is InChI=1S/C25H25NO7/c1-3-13-31-19-8-4-17(5-9-19)6-11-23(27)32-20-10-7-18-15-21(24(28)26-12-14-30-2)25(29)33-22(18)16-20/h4-11,15-16H,3,12-14H2,1-2H3,(H,26,28)/b11-6+. The molecule has 3 rings (SSSR count). The van der Waals surface area contributed by atoms with Crippen LogP contribution in [-0.2, 0) is 9.53 Å². The third-order valence-corrected chi connectivity index (χ3v) is 4.53. The Labute approximate surface area is 190 Å². The van der Waals surface area contributed by atoms with Gasteiger partial charge in [-0.25, -0.2) is 9.59 Å². The van der Waals surface area contributed by atoms with E-state index in [1.54, 1.807) is 18.2 Å². The molecule has 0 aliphatic heterocycles. The molecule has 0 saturated heterocycles. The maximum Gasteiger partial charge on any atom is 0.349 e. The highest BCUT2D eigenvalue weighted by Gasteiger charge is 2.14. The fraction of sp³-hybridized carbons (Fsp3) is 0.240. The first-order valence-corrected chi connectivity index (χ1v) is 10.5. The number of methoxy groups -OCH3 is 1. The van der Waals surface area contributed by atoms with Crippen LogP contribution in [0, 0.1) is 0 Å². The van der Waals surface area contributed by atoms with Crippen LogP contribution < -0.4 is 20.4 Å². The van der Waals surface area contributed by atoms with Crippen molar-refractivity contribution in [3.05, 3.63) is 76.2 Å². The molecule has 0 aliphatic carbocycles. The Hall–Kier alpha value is -3.91. The van der Waals surface area contributed by atoms with Crippen LogP contribution in [0.2, 0.25) is 0 Å². The lowest BCUT2D eigenvalue weighted by atomic mass is 10.1. The average molecular weight is 451 g/mol. The van der Waals surface area contributed by atoms with E-state index in [0.717, 1.165) is 17.7 Å². The monoisotopic (exact) mass is 451 g/mol. The van der Waals surface area contributed by atoms with Crippen molar-refractivity contribution in [2.75, 3.05) is 26.9 Å². The van der Waals surface area contributed by atoms with Gasteiger partial charge in [-0.3, -0.25) is 4.79 Å². The summed E-state index contributed by atoms with van der Waals surface area (Å²) in [5.41, 5.74) is 0.117. The summed E-state index contributed by atoms with van der Waals surface area (Å²) in [6.45, 7) is 3.28. The van der Waals surface area contributed by atoms with Crippen LogP contribution in [0.4, 0.5) is 0 Å². The Morgan fingerprint density at radius 3 is 2.52 bits per heavy atom. The van der Waals surface area contributed by atoms with Crippen molar-refractivity contribution in [1.29, 1.82) is 0 Å². The zero-order valence-electron chi connectivity index (χ0n) is 18.5. The summed E-state index contributed by atoms with van der Waals surface area (Å²) in [7, 11) is 1.51. The van der Waals surface area contributed by atoms with Gasteiger partial charge in [-0.1, -0.05) is 19.1 Å². The predicted molar refractivity (Wildman–Crippen MR) is 124 cm³/mol. The number of fused-ring (bicyclic) bond motifs is 1. The summed E-state index contributed by atoms with van der Waals surface area (Å²) in [4.78, 5) is 36.5. The molecular weight excluding hydrogens is 426 g/mol. The largest absolute Gasteiger partial charge is 0.494 e. The molecule has 1 N–H and O–H groups in total. The van der Waals surface area contributed by atoms with Crippen molar-refractivity contribution in [2.45, 2.75) is 13.3 Å². The number of esters is 1. The Balaban J connectivity index is 1.66. The molecule has 2 aromatic carbocycles. The number of ether oxygens (including phenoxy) is 3. The predicted octanol–water partition coefficient (Wildman–Crippen LogP) is 3.58. The number of hydrogen-bond acceptors (Lipinski definition) is 7. The molecule has 0 radical (unpaired) electrons. The third kappa shape index (κ3) is 6.78. The second kappa shape index (κ2) is 11.6. The second-order valence-corrected chi connectivity index (χ2v) is 7.07. The van der Waals surface area contributed by atoms with Crippen LogP contribution in [0.5, 0.6) is 11.5 Å². The minimum absolute atomic E-state index is 0.114. The normalized spacial score (nSPS) is 11.0. The van der Waals surface area contributed by atoms with Crippen LogP contribution in [-0.4, -0.2) is 38.7 Å². The van der Waals surface area contributed by atoms with Gasteiger partial charge in [0, 0.05) is 31.2 Å². The zero-order chi connectivity index (χ0) is 23.6. The smallest absolute Gasteiger partial charge is 0.349 e. The fourth-order valence-electron chi connectivity index (χ4n) is 2.88. The van der Waals surface area contributed by atoms with E-state index in [4.69, 9.17) is 18.6 Å². The Bertz CT molecular complexity index is 1200. The van der Waals surface area contributed by atoms with Gasteiger partial charge in [-0.2, -0.15) is 0 Å². The van der Waals surface area contributed by atoms with Crippen molar-refractivity contribution in [3.63, 3.8) is 0 Å². The van der Waals surface area contributed by atoms with E-state index < -0.39 is 17.5 Å². The van der Waals surface area contributed by atoms with E-state index in [1.807, 2.05) is 31.2 Å². The molecule has 8 heteroatoms. The molecule has 1 heterocycles. The second-order valence-electron chi connectivity index (χ2n) is 7.07. The number of nitrogens with one attached hydrogen (secondary N) is 1. The molecule has 0 unspecified atom stereocenters. The van der Waals surface area contributed by atoms with Gasteiger partial charge in [-0.15, -0.1) is 0 Å². The number of hydrogen-bond donors (Lipinski definition) is 1. The molecule has 0 bridgehead atoms. The fourth-order valence-corrected chi connectivity index (χ4v) is 2.88. The molecule has 33 heavy (non-hydrogen) atoms. The van der Waals surface area contributed by atoms with E-state index in [0.29, 0.717) is 18.6 Å². The number of amides is 1. The Kier molecular flexibility index (Phi) is 8.37. The summed E-state index contributed by atoms with van der Waals surface area (Å²) in [5, 5.41) is 3.10. The van der Waals surface area contributed by atoms with Crippen molar-refractivity contribution >= 4 is 28.9 Å². The van der Waals surface area contributed by atoms with Crippen LogP contribution in [0.15, 0.2) is 63.8 Å². The highest BCUT2D eigenvalue weighted by Crippen LogP contribution is 2.21. The number of rotatable bonds is 10. The molecule has 1 aromatic heterocycles. The van der Waals surface area contributed by atoms with E-state index in [2.05, 4.69) is 5.32 Å². The van der Waals surface area contributed by atoms with Crippen LogP contribution in [0.25, 0.3) is 17.0 Å². The topological polar surface area (TPSA) is 104 Å². The summed E-state index contributed by atoms with van der Waals surface area (Å²) in [5.74, 6) is -0.156. The summed E-state index contributed by atoms with van der Waals surface area (Å²) >= 11 is 0. The molecule has 172 valence electrons. The van der Waals surface area contributed by atoms with E-state index in [9.17, 15) is 14.4 Å². The van der Waals surface area contributed by atoms with Gasteiger partial charge in [-0.05, 0) is 48.4 Å². The Morgan fingerprint density at radius 2 is 1.79 bits per heavy atom. The first kappa shape index (κ1) is 23.7. The van der Waals surface area contributed by atoms with Gasteiger partial charge >= 0.3 is 11.6 Å². The molecule has 0 spiro atoms. The quantitative estimate of drug-likeness (QED) is 0.165. The lowest BCUT2D eigenvalue weighted by molar-refractivity contribution is -0.128. The summed E-state index contributed by atoms with van der Waals surface area (Å²) < 4.78 is 20.9. The van der Waals surface area contributed by atoms with Crippen LogP contribution in [0.1, 0.15) is 29.3 Å². The van der Waals surface area contributed by atoms with Crippen LogP contribution >= 0.6 is 0 Å². The number of benzene rings is 2. The zero-order valence-corrected chi connectivity index (χ0v) is 18.5. The highest BCUT2D eigenvalue weighted by atomic mass is 16.5. The van der Waals surface area contributed by atoms with Gasteiger partial charge in [0.15, 0.2) is 0 Å². The molecule has 0 saturated carbocycles. The molecule has 8 nitrogen and oxygen atoms in total. The van der Waals surface area contributed by atoms with Gasteiger partial charge in [0.1, 0.15) is 22.6 Å². The first-order valence-electron chi connectivity index (χ1n) is 10.5. The first-order chi connectivity index (χ1) is 16.0. The van der Waals surface area contributed by atoms with Crippen molar-refractivity contribution in [3.8, 4) is 11.5 Å². The van der Waals surface area contributed by atoms with Crippen molar-refractivity contribution in [2.24, 2.45) is 0 Å². The third-order valence-electron chi connectivity index (χ3n) is 4.53. The van der Waals surface area contributed by atoms with Crippen molar-refractivity contribution in [1.82, 2.24) is 5.32 Å². The molecule has 0 aliphatic rings. The maximum absolute atomic E-state index is 12.2. The van der Waals surface area contributed by atoms with Gasteiger partial charge < -0.3 is 23.9 Å². The minimum atomic E-state index is -0.785. The lowest BCUT2D eigenvalue weighted by Crippen LogP contribution is -2.30. The molecule has 1 amide bonds. The molecule has 3 aromatic rings. The van der Waals surface area contributed by atoms with Gasteiger partial charge in [0.25, 0.3) is 5.91 Å².